The van der Waals surface area contributed by atoms with Gasteiger partial charge in [-0.3, -0.25) is 9.78 Å². The van der Waals surface area contributed by atoms with Crippen molar-refractivity contribution in [2.75, 3.05) is 19.6 Å². The molecule has 110 valence electrons. The summed E-state index contributed by atoms with van der Waals surface area (Å²) in [5.41, 5.74) is -1.82. The van der Waals surface area contributed by atoms with Crippen molar-refractivity contribution in [1.29, 1.82) is 0 Å². The van der Waals surface area contributed by atoms with Gasteiger partial charge in [-0.1, -0.05) is 20.8 Å². The third-order valence-electron chi connectivity index (χ3n) is 2.39. The first-order valence-corrected chi connectivity index (χ1v) is 8.06. The molecule has 0 atom stereocenters. The van der Waals surface area contributed by atoms with Crippen LogP contribution in [0, 0.1) is 0 Å². The van der Waals surface area contributed by atoms with E-state index in [2.05, 4.69) is 25.7 Å². The summed E-state index contributed by atoms with van der Waals surface area (Å²) in [4.78, 5) is 26.6. The summed E-state index contributed by atoms with van der Waals surface area (Å²) in [6.45, 7) is 10.1. The van der Waals surface area contributed by atoms with Gasteiger partial charge in [-0.15, -0.1) is 0 Å². The quantitative estimate of drug-likeness (QED) is 0.780. The van der Waals surface area contributed by atoms with E-state index in [-0.39, 0.29) is 0 Å². The Hall–Kier alpha value is -1.12. The van der Waals surface area contributed by atoms with Gasteiger partial charge in [0.2, 0.25) is 0 Å². The predicted molar refractivity (Wildman–Crippen MR) is 74.2 cm³/mol. The fraction of sp³-hybridized carbons (Fsp3) is 0.600. The zero-order valence-electron chi connectivity index (χ0n) is 11.1. The molecule has 0 unspecified atom stereocenters. The van der Waals surface area contributed by atoms with Crippen LogP contribution in [0.15, 0.2) is 20.7 Å². The van der Waals surface area contributed by atoms with E-state index in [1.54, 1.807) is 4.98 Å². The van der Waals surface area contributed by atoms with E-state index >= 15 is 0 Å². The van der Waals surface area contributed by atoms with Crippen molar-refractivity contribution >= 4 is 19.7 Å². The third-order valence-corrected chi connectivity index (χ3v) is 3.72. The molecule has 0 aliphatic heterocycles. The fourth-order valence-electron chi connectivity index (χ4n) is 1.25. The second-order valence-corrected chi connectivity index (χ2v) is 6.03. The monoisotopic (exact) mass is 311 g/mol. The Morgan fingerprint density at radius 2 is 1.63 bits per heavy atom. The molecule has 9 heteroatoms. The highest BCUT2D eigenvalue weighted by Crippen LogP contribution is 2.05. The Morgan fingerprint density at radius 1 is 1.16 bits per heavy atom. The number of nitrogens with zero attached hydrogens (tertiary/aromatic N) is 1. The summed E-state index contributed by atoms with van der Waals surface area (Å²) in [5.74, 6) is 0. The van der Waals surface area contributed by atoms with Crippen molar-refractivity contribution in [3.63, 3.8) is 0 Å². The summed E-state index contributed by atoms with van der Waals surface area (Å²) in [6.07, 6.45) is 0.740. The van der Waals surface area contributed by atoms with Crippen LogP contribution in [0.3, 0.4) is 0 Å². The van der Waals surface area contributed by atoms with Crippen LogP contribution in [-0.4, -0.2) is 42.9 Å². The van der Waals surface area contributed by atoms with E-state index in [1.165, 1.54) is 19.6 Å². The lowest BCUT2D eigenvalue weighted by Crippen LogP contribution is -2.25. The molecule has 0 aliphatic rings. The molecule has 2 N–H and O–H groups in total. The van der Waals surface area contributed by atoms with Crippen LogP contribution < -0.4 is 11.2 Å². The van der Waals surface area contributed by atoms with Crippen molar-refractivity contribution in [2.24, 2.45) is 0 Å². The van der Waals surface area contributed by atoms with E-state index in [0.717, 1.165) is 6.20 Å². The molecule has 1 aromatic rings. The molecule has 0 saturated carbocycles. The van der Waals surface area contributed by atoms with Crippen LogP contribution in [0.2, 0.25) is 0 Å². The molecular weight excluding hydrogens is 294 g/mol. The number of aromatic amines is 2. The first-order chi connectivity index (χ1) is 8.76. The molecule has 0 amide bonds. The van der Waals surface area contributed by atoms with Crippen LogP contribution in [-0.2, 0) is 9.05 Å². The minimum absolute atomic E-state index is 0.677. The maximum atomic E-state index is 10.7. The minimum atomic E-state index is -4.09. The molecule has 0 saturated heterocycles. The maximum Gasteiger partial charge on any atom is 0.325 e. The zero-order valence-corrected chi connectivity index (χ0v) is 12.6. The smallest absolute Gasteiger partial charge is 0.313 e. The van der Waals surface area contributed by atoms with Gasteiger partial charge in [0, 0.05) is 16.9 Å². The van der Waals surface area contributed by atoms with Crippen molar-refractivity contribution in [3.8, 4) is 0 Å². The average Bonchev–Trinajstić information content (AvgIpc) is 2.30. The molecule has 0 spiro atoms. The van der Waals surface area contributed by atoms with Gasteiger partial charge in [-0.05, 0) is 19.6 Å². The number of halogens is 1. The summed E-state index contributed by atoms with van der Waals surface area (Å²) in [6, 6.07) is 0. The summed E-state index contributed by atoms with van der Waals surface area (Å²) < 4.78 is 21.2. The Kier molecular flexibility index (Phi) is 7.65. The van der Waals surface area contributed by atoms with E-state index in [9.17, 15) is 18.0 Å². The normalized spacial score (nSPS) is 11.0. The number of nitrogens with one attached hydrogen (secondary N) is 2. The number of rotatable bonds is 4. The zero-order chi connectivity index (χ0) is 15.1. The lowest BCUT2D eigenvalue weighted by atomic mass is 10.5. The minimum Gasteiger partial charge on any atom is -0.313 e. The SMILES string of the molecule is CCN(CC)CC.O=c1[nH]cc(S(=O)(=O)Cl)c(=O)[nH]1. The summed E-state index contributed by atoms with van der Waals surface area (Å²) in [7, 11) is 0.754. The highest BCUT2D eigenvalue weighted by atomic mass is 35.7. The predicted octanol–water partition coefficient (Wildman–Crippen LogP) is 0.339. The van der Waals surface area contributed by atoms with Gasteiger partial charge >= 0.3 is 5.69 Å². The van der Waals surface area contributed by atoms with Crippen molar-refractivity contribution in [1.82, 2.24) is 14.9 Å². The second kappa shape index (κ2) is 8.13. The van der Waals surface area contributed by atoms with Gasteiger partial charge in [0.15, 0.2) is 4.90 Å². The largest absolute Gasteiger partial charge is 0.325 e. The summed E-state index contributed by atoms with van der Waals surface area (Å²) in [5, 5.41) is 0. The second-order valence-electron chi connectivity index (χ2n) is 3.49. The Morgan fingerprint density at radius 3 is 1.89 bits per heavy atom. The first-order valence-electron chi connectivity index (χ1n) is 5.75. The summed E-state index contributed by atoms with van der Waals surface area (Å²) >= 11 is 0. The molecule has 0 fully saturated rings. The molecule has 0 bridgehead atoms. The van der Waals surface area contributed by atoms with Crippen molar-refractivity contribution < 1.29 is 8.42 Å². The number of H-pyrrole nitrogens is 2. The average molecular weight is 312 g/mol. The van der Waals surface area contributed by atoms with Crippen LogP contribution in [0.4, 0.5) is 0 Å². The molecule has 7 nitrogen and oxygen atoms in total. The van der Waals surface area contributed by atoms with Gasteiger partial charge in [-0.25, -0.2) is 13.2 Å². The maximum absolute atomic E-state index is 10.7. The first kappa shape index (κ1) is 17.9. The highest BCUT2D eigenvalue weighted by molar-refractivity contribution is 8.13. The molecule has 0 aliphatic carbocycles. The van der Waals surface area contributed by atoms with Crippen LogP contribution in [0.25, 0.3) is 0 Å². The van der Waals surface area contributed by atoms with E-state index < -0.39 is 25.2 Å². The van der Waals surface area contributed by atoms with Crippen LogP contribution in [0.1, 0.15) is 20.8 Å². The number of aromatic nitrogens is 2. The third kappa shape index (κ3) is 6.55. The Bertz CT molecular complexity index is 584. The topological polar surface area (TPSA) is 103 Å². The highest BCUT2D eigenvalue weighted by Gasteiger charge is 2.14. The van der Waals surface area contributed by atoms with Gasteiger partial charge in [0.05, 0.1) is 0 Å². The van der Waals surface area contributed by atoms with Gasteiger partial charge in [0.25, 0.3) is 14.6 Å². The lowest BCUT2D eigenvalue weighted by Gasteiger charge is -2.13. The lowest BCUT2D eigenvalue weighted by molar-refractivity contribution is 0.321. The van der Waals surface area contributed by atoms with Crippen LogP contribution in [0.5, 0.6) is 0 Å². The number of hydrogen-bond donors (Lipinski definition) is 2. The fourth-order valence-corrected chi connectivity index (χ4v) is 2.07. The molecule has 1 aromatic heterocycles. The molecule has 1 rings (SSSR count). The van der Waals surface area contributed by atoms with Crippen LogP contribution >= 0.6 is 10.7 Å². The van der Waals surface area contributed by atoms with Gasteiger partial charge < -0.3 is 9.88 Å². The van der Waals surface area contributed by atoms with E-state index in [1.807, 2.05) is 4.98 Å². The molecule has 1 heterocycles. The van der Waals surface area contributed by atoms with Crippen molar-refractivity contribution in [2.45, 2.75) is 25.7 Å². The molecule has 0 radical (unpaired) electrons. The van der Waals surface area contributed by atoms with E-state index in [0.29, 0.717) is 0 Å². The molecule has 0 aromatic carbocycles. The van der Waals surface area contributed by atoms with Crippen molar-refractivity contribution in [3.05, 3.63) is 27.0 Å². The van der Waals surface area contributed by atoms with Gasteiger partial charge in [0.1, 0.15) is 0 Å². The Balaban J connectivity index is 0.000000399. The van der Waals surface area contributed by atoms with E-state index in [4.69, 9.17) is 10.7 Å². The molecular formula is C10H18ClN3O4S. The standard InChI is InChI=1S/C6H15N.C4H3ClN2O4S/c1-4-7(5-2)6-3;5-12(10,11)2-1-6-4(9)7-3(2)8/h4-6H2,1-3H3;1H,(H2,6,7,8,9). The van der Waals surface area contributed by atoms with Gasteiger partial charge in [-0.2, -0.15) is 0 Å². The molecule has 19 heavy (non-hydrogen) atoms. The number of hydrogen-bond acceptors (Lipinski definition) is 5. The Labute approximate surface area is 116 Å².